The van der Waals surface area contributed by atoms with E-state index in [2.05, 4.69) is 62.3 Å². The summed E-state index contributed by atoms with van der Waals surface area (Å²) in [5.74, 6) is 0.137. The number of nitrogens with one attached hydrogen (secondary N) is 1. The Kier molecular flexibility index (Phi) is 6.76. The van der Waals surface area contributed by atoms with Crippen LogP contribution in [0.25, 0.3) is 10.4 Å². The Morgan fingerprint density at radius 2 is 2.03 bits per heavy atom. The van der Waals surface area contributed by atoms with Gasteiger partial charge < -0.3 is 15.3 Å². The van der Waals surface area contributed by atoms with Gasteiger partial charge in [0.05, 0.1) is 22.2 Å². The Bertz CT molecular complexity index is 825. The van der Waals surface area contributed by atoms with Gasteiger partial charge in [0.15, 0.2) is 0 Å². The number of carbonyl (C=O) groups excluding carboxylic acids is 1. The summed E-state index contributed by atoms with van der Waals surface area (Å²) in [6, 6.07) is 8.81. The fourth-order valence-corrected chi connectivity index (χ4v) is 4.69. The number of benzene rings is 1. The molecule has 1 aromatic heterocycles. The van der Waals surface area contributed by atoms with Crippen molar-refractivity contribution in [2.75, 3.05) is 13.1 Å². The Labute approximate surface area is 178 Å². The van der Waals surface area contributed by atoms with Crippen molar-refractivity contribution in [3.63, 3.8) is 0 Å². The lowest BCUT2D eigenvalue weighted by atomic mass is 9.91. The molecule has 0 saturated carbocycles. The molecular formula is C23H33N3O2S. The van der Waals surface area contributed by atoms with Crippen molar-refractivity contribution in [2.45, 2.75) is 65.6 Å². The summed E-state index contributed by atoms with van der Waals surface area (Å²) in [4.78, 5) is 20.1. The van der Waals surface area contributed by atoms with Crippen LogP contribution in [0.2, 0.25) is 0 Å². The summed E-state index contributed by atoms with van der Waals surface area (Å²) in [6.45, 7) is 11.5. The summed E-state index contributed by atoms with van der Waals surface area (Å²) >= 11 is 1.66. The number of nitrogens with zero attached hydrogens (tertiary/aromatic N) is 2. The van der Waals surface area contributed by atoms with Gasteiger partial charge in [0.25, 0.3) is 0 Å². The van der Waals surface area contributed by atoms with Gasteiger partial charge in [-0.25, -0.2) is 4.98 Å². The SMILES string of the molecule is Cc1ncsc1-c1ccc([C@H](C)NCC2C[C@@H](O)CN2C(=O)CC(C)(C)C)cc1. The lowest BCUT2D eigenvalue weighted by molar-refractivity contribution is -0.134. The van der Waals surface area contributed by atoms with Crippen LogP contribution in [0.1, 0.15) is 57.8 Å². The van der Waals surface area contributed by atoms with E-state index in [9.17, 15) is 9.90 Å². The first-order valence-electron chi connectivity index (χ1n) is 10.4. The van der Waals surface area contributed by atoms with Crippen molar-refractivity contribution in [2.24, 2.45) is 5.41 Å². The van der Waals surface area contributed by atoms with Gasteiger partial charge in [-0.2, -0.15) is 0 Å². The third-order valence-electron chi connectivity index (χ3n) is 5.47. The van der Waals surface area contributed by atoms with E-state index in [1.165, 1.54) is 16.0 Å². The molecule has 2 aromatic rings. The quantitative estimate of drug-likeness (QED) is 0.743. The van der Waals surface area contributed by atoms with E-state index in [1.807, 2.05) is 17.3 Å². The van der Waals surface area contributed by atoms with Gasteiger partial charge in [0.2, 0.25) is 5.91 Å². The van der Waals surface area contributed by atoms with E-state index in [0.29, 0.717) is 25.9 Å². The number of amides is 1. The summed E-state index contributed by atoms with van der Waals surface area (Å²) in [5.41, 5.74) is 5.30. The molecule has 1 amide bonds. The maximum absolute atomic E-state index is 12.7. The first-order valence-corrected chi connectivity index (χ1v) is 11.2. The van der Waals surface area contributed by atoms with Gasteiger partial charge in [0, 0.05) is 31.6 Å². The van der Waals surface area contributed by atoms with Gasteiger partial charge in [-0.05, 0) is 36.8 Å². The molecule has 2 N–H and O–H groups in total. The zero-order valence-electron chi connectivity index (χ0n) is 18.1. The zero-order chi connectivity index (χ0) is 21.2. The second kappa shape index (κ2) is 8.94. The number of rotatable bonds is 6. The number of carbonyl (C=O) groups is 1. The average molecular weight is 416 g/mol. The van der Waals surface area contributed by atoms with Gasteiger partial charge in [0.1, 0.15) is 0 Å². The summed E-state index contributed by atoms with van der Waals surface area (Å²) in [6.07, 6.45) is 0.714. The Hall–Kier alpha value is -1.76. The van der Waals surface area contributed by atoms with E-state index in [1.54, 1.807) is 11.3 Å². The van der Waals surface area contributed by atoms with Crippen molar-refractivity contribution in [1.29, 1.82) is 0 Å². The fourth-order valence-electron chi connectivity index (χ4n) is 3.88. The maximum atomic E-state index is 12.7. The fraction of sp³-hybridized carbons (Fsp3) is 0.565. The minimum Gasteiger partial charge on any atom is -0.391 e. The molecule has 0 aliphatic carbocycles. The van der Waals surface area contributed by atoms with Crippen LogP contribution in [-0.2, 0) is 4.79 Å². The van der Waals surface area contributed by atoms with Crippen LogP contribution >= 0.6 is 11.3 Å². The largest absolute Gasteiger partial charge is 0.391 e. The van der Waals surface area contributed by atoms with E-state index in [4.69, 9.17) is 0 Å². The van der Waals surface area contributed by atoms with Gasteiger partial charge >= 0.3 is 0 Å². The molecule has 3 rings (SSSR count). The van der Waals surface area contributed by atoms with Crippen LogP contribution < -0.4 is 5.32 Å². The molecule has 1 aromatic carbocycles. The van der Waals surface area contributed by atoms with Crippen molar-refractivity contribution < 1.29 is 9.90 Å². The molecule has 3 atom stereocenters. The highest BCUT2D eigenvalue weighted by atomic mass is 32.1. The lowest BCUT2D eigenvalue weighted by Crippen LogP contribution is -2.43. The lowest BCUT2D eigenvalue weighted by Gasteiger charge is -2.29. The van der Waals surface area contributed by atoms with E-state index in [0.717, 1.165) is 5.69 Å². The highest BCUT2D eigenvalue weighted by Crippen LogP contribution is 2.29. The van der Waals surface area contributed by atoms with Crippen LogP contribution in [0.5, 0.6) is 0 Å². The highest BCUT2D eigenvalue weighted by Gasteiger charge is 2.35. The van der Waals surface area contributed by atoms with Crippen LogP contribution in [0.3, 0.4) is 0 Å². The first-order chi connectivity index (χ1) is 13.6. The molecule has 5 nitrogen and oxygen atoms in total. The Morgan fingerprint density at radius 1 is 1.34 bits per heavy atom. The molecule has 1 fully saturated rings. The predicted molar refractivity (Wildman–Crippen MR) is 119 cm³/mol. The molecule has 1 saturated heterocycles. The van der Waals surface area contributed by atoms with Crippen LogP contribution in [0.15, 0.2) is 29.8 Å². The second-order valence-electron chi connectivity index (χ2n) is 9.35. The third kappa shape index (κ3) is 5.65. The number of β-amino-alcohol motifs (C(OH)–C–C–N with tert-alkyl or cyclic N) is 1. The molecule has 0 radical (unpaired) electrons. The zero-order valence-corrected chi connectivity index (χ0v) is 18.9. The molecular weight excluding hydrogens is 382 g/mol. The minimum absolute atomic E-state index is 0.0430. The van der Waals surface area contributed by atoms with Crippen molar-refractivity contribution >= 4 is 17.2 Å². The minimum atomic E-state index is -0.428. The summed E-state index contributed by atoms with van der Waals surface area (Å²) in [7, 11) is 0. The smallest absolute Gasteiger partial charge is 0.223 e. The molecule has 0 bridgehead atoms. The normalized spacial score (nSPS) is 20.8. The number of aromatic nitrogens is 1. The molecule has 1 unspecified atom stereocenters. The Morgan fingerprint density at radius 3 is 2.62 bits per heavy atom. The number of thiazole rings is 1. The van der Waals surface area contributed by atoms with Crippen LogP contribution in [0.4, 0.5) is 0 Å². The number of aryl methyl sites for hydroxylation is 1. The summed E-state index contributed by atoms with van der Waals surface area (Å²) < 4.78 is 0. The monoisotopic (exact) mass is 415 g/mol. The standard InChI is InChI=1S/C23H33N3O2S/c1-15(17-6-8-18(9-7-17)22-16(2)25-14-29-22)24-12-19-10-20(27)13-26(19)21(28)11-23(3,4)5/h6-9,14-15,19-20,24,27H,10-13H2,1-5H3/t15-,19?,20+/m0/s1. The van der Waals surface area contributed by atoms with Crippen molar-refractivity contribution in [3.8, 4) is 10.4 Å². The van der Waals surface area contributed by atoms with E-state index < -0.39 is 6.10 Å². The number of likely N-dealkylation sites (tertiary alicyclic amines) is 1. The number of aliphatic hydroxyl groups is 1. The molecule has 1 aliphatic rings. The maximum Gasteiger partial charge on any atom is 0.223 e. The van der Waals surface area contributed by atoms with Crippen LogP contribution in [0, 0.1) is 12.3 Å². The highest BCUT2D eigenvalue weighted by molar-refractivity contribution is 7.13. The number of hydrogen-bond acceptors (Lipinski definition) is 5. The molecule has 29 heavy (non-hydrogen) atoms. The number of hydrogen-bond donors (Lipinski definition) is 2. The van der Waals surface area contributed by atoms with Crippen LogP contribution in [-0.4, -0.2) is 46.1 Å². The summed E-state index contributed by atoms with van der Waals surface area (Å²) in [5, 5.41) is 13.7. The molecule has 2 heterocycles. The Balaban J connectivity index is 1.59. The predicted octanol–water partition coefficient (Wildman–Crippen LogP) is 4.17. The van der Waals surface area contributed by atoms with Gasteiger partial charge in [-0.15, -0.1) is 11.3 Å². The van der Waals surface area contributed by atoms with E-state index in [-0.39, 0.29) is 23.4 Å². The molecule has 158 valence electrons. The first kappa shape index (κ1) is 21.9. The molecule has 0 spiro atoms. The topological polar surface area (TPSA) is 65.5 Å². The number of aliphatic hydroxyl groups excluding tert-OH is 1. The average Bonchev–Trinajstić information content (AvgIpc) is 3.24. The second-order valence-corrected chi connectivity index (χ2v) is 10.2. The molecule has 1 aliphatic heterocycles. The van der Waals surface area contributed by atoms with E-state index >= 15 is 0 Å². The molecule has 6 heteroatoms. The van der Waals surface area contributed by atoms with Crippen molar-refractivity contribution in [3.05, 3.63) is 41.0 Å². The third-order valence-corrected chi connectivity index (χ3v) is 6.45. The van der Waals surface area contributed by atoms with Crippen molar-refractivity contribution in [1.82, 2.24) is 15.2 Å². The van der Waals surface area contributed by atoms with Gasteiger partial charge in [-0.3, -0.25) is 4.79 Å². The van der Waals surface area contributed by atoms with Gasteiger partial charge in [-0.1, -0.05) is 45.0 Å².